The smallest absolute Gasteiger partial charge is 0.191 e. The van der Waals surface area contributed by atoms with Gasteiger partial charge in [-0.05, 0) is 57.3 Å². The summed E-state index contributed by atoms with van der Waals surface area (Å²) in [5, 5.41) is 9.34. The first-order valence-corrected chi connectivity index (χ1v) is 12.7. The van der Waals surface area contributed by atoms with Gasteiger partial charge in [-0.3, -0.25) is 14.8 Å². The fourth-order valence-corrected chi connectivity index (χ4v) is 5.43. The van der Waals surface area contributed by atoms with Crippen LogP contribution in [-0.2, 0) is 0 Å². The Bertz CT molecular complexity index is 624. The third kappa shape index (κ3) is 8.14. The molecular formula is C23H43IN6S. The molecule has 6 nitrogen and oxygen atoms in total. The Morgan fingerprint density at radius 1 is 1.06 bits per heavy atom. The molecule has 0 radical (unpaired) electrons. The summed E-state index contributed by atoms with van der Waals surface area (Å²) in [6.45, 7) is 16.5. The lowest BCUT2D eigenvalue weighted by molar-refractivity contribution is 0.0925. The van der Waals surface area contributed by atoms with Crippen LogP contribution in [0.15, 0.2) is 22.5 Å². The van der Waals surface area contributed by atoms with E-state index in [1.165, 1.54) is 30.8 Å². The van der Waals surface area contributed by atoms with Crippen molar-refractivity contribution in [3.05, 3.63) is 22.4 Å². The average molecular weight is 563 g/mol. The molecular weight excluding hydrogens is 519 g/mol. The number of guanidine groups is 1. The van der Waals surface area contributed by atoms with Crippen molar-refractivity contribution in [2.75, 3.05) is 66.0 Å². The summed E-state index contributed by atoms with van der Waals surface area (Å²) in [7, 11) is 2.22. The number of halogens is 1. The number of aliphatic imine (C=N–C) groups is 1. The van der Waals surface area contributed by atoms with Gasteiger partial charge < -0.3 is 15.5 Å². The summed E-state index contributed by atoms with van der Waals surface area (Å²) >= 11 is 1.87. The second-order valence-electron chi connectivity index (χ2n) is 9.03. The predicted molar refractivity (Wildman–Crippen MR) is 145 cm³/mol. The van der Waals surface area contributed by atoms with E-state index < -0.39 is 0 Å². The second kappa shape index (κ2) is 14.0. The number of likely N-dealkylation sites (N-methyl/N-ethyl adjacent to an activating group) is 1. The van der Waals surface area contributed by atoms with Crippen molar-refractivity contribution in [3.8, 4) is 0 Å². The largest absolute Gasteiger partial charge is 0.357 e. The highest BCUT2D eigenvalue weighted by Crippen LogP contribution is 2.27. The van der Waals surface area contributed by atoms with Gasteiger partial charge in [-0.1, -0.05) is 19.9 Å². The van der Waals surface area contributed by atoms with Crippen LogP contribution in [-0.4, -0.2) is 92.7 Å². The maximum absolute atomic E-state index is 5.03. The molecule has 0 bridgehead atoms. The fraction of sp³-hybridized carbons (Fsp3) is 0.783. The lowest BCUT2D eigenvalue weighted by Crippen LogP contribution is -2.52. The number of hydrogen-bond acceptors (Lipinski definition) is 5. The van der Waals surface area contributed by atoms with E-state index in [9.17, 15) is 0 Å². The van der Waals surface area contributed by atoms with Crippen LogP contribution in [0.4, 0.5) is 0 Å². The summed E-state index contributed by atoms with van der Waals surface area (Å²) in [6.07, 6.45) is 2.63. The molecule has 0 aromatic carbocycles. The molecule has 2 aliphatic rings. The first-order valence-electron chi connectivity index (χ1n) is 11.8. The van der Waals surface area contributed by atoms with Crippen LogP contribution >= 0.6 is 35.3 Å². The minimum absolute atomic E-state index is 0. The van der Waals surface area contributed by atoms with Gasteiger partial charge in [0.15, 0.2) is 5.96 Å². The quantitative estimate of drug-likeness (QED) is 0.275. The SMILES string of the molecule is CCNC(=NCC(C(C)C)N1CCN(C)CC1)NCC(c1cccs1)N1CCCC1.I. The maximum atomic E-state index is 5.03. The van der Waals surface area contributed by atoms with Crippen LogP contribution in [0.25, 0.3) is 0 Å². The molecule has 0 saturated carbocycles. The Balaban J connectivity index is 0.00000341. The number of rotatable bonds is 9. The molecule has 2 fully saturated rings. The van der Waals surface area contributed by atoms with E-state index in [4.69, 9.17) is 4.99 Å². The van der Waals surface area contributed by atoms with E-state index in [2.05, 4.69) is 70.7 Å². The van der Waals surface area contributed by atoms with Crippen molar-refractivity contribution in [1.29, 1.82) is 0 Å². The Morgan fingerprint density at radius 2 is 1.77 bits per heavy atom. The highest BCUT2D eigenvalue weighted by molar-refractivity contribution is 14.0. The zero-order valence-electron chi connectivity index (χ0n) is 19.8. The Labute approximate surface area is 210 Å². The summed E-state index contributed by atoms with van der Waals surface area (Å²) in [5.74, 6) is 1.56. The molecule has 0 amide bonds. The third-order valence-corrected chi connectivity index (χ3v) is 7.45. The zero-order chi connectivity index (χ0) is 21.3. The van der Waals surface area contributed by atoms with Crippen molar-refractivity contribution >= 4 is 41.3 Å². The van der Waals surface area contributed by atoms with E-state index in [0.29, 0.717) is 18.0 Å². The normalized spacial score (nSPS) is 21.1. The zero-order valence-corrected chi connectivity index (χ0v) is 23.0. The molecule has 2 saturated heterocycles. The molecule has 0 aliphatic carbocycles. The van der Waals surface area contributed by atoms with Gasteiger partial charge in [-0.25, -0.2) is 0 Å². The monoisotopic (exact) mass is 562 g/mol. The van der Waals surface area contributed by atoms with Gasteiger partial charge in [0.05, 0.1) is 12.6 Å². The van der Waals surface area contributed by atoms with Gasteiger partial charge >= 0.3 is 0 Å². The molecule has 0 spiro atoms. The summed E-state index contributed by atoms with van der Waals surface area (Å²) in [4.78, 5) is 14.2. The van der Waals surface area contributed by atoms with Crippen LogP contribution in [0.5, 0.6) is 0 Å². The van der Waals surface area contributed by atoms with Crippen molar-refractivity contribution < 1.29 is 0 Å². The predicted octanol–water partition coefficient (Wildman–Crippen LogP) is 3.33. The number of nitrogens with zero attached hydrogens (tertiary/aromatic N) is 4. The number of likely N-dealkylation sites (tertiary alicyclic amines) is 1. The molecule has 3 heterocycles. The minimum atomic E-state index is 0. The van der Waals surface area contributed by atoms with Crippen molar-refractivity contribution in [2.24, 2.45) is 10.9 Å². The lowest BCUT2D eigenvalue weighted by Gasteiger charge is -2.39. The highest BCUT2D eigenvalue weighted by Gasteiger charge is 2.26. The van der Waals surface area contributed by atoms with Crippen LogP contribution in [0.1, 0.15) is 44.5 Å². The van der Waals surface area contributed by atoms with Gasteiger partial charge in [-0.15, -0.1) is 35.3 Å². The molecule has 2 unspecified atom stereocenters. The minimum Gasteiger partial charge on any atom is -0.357 e. The van der Waals surface area contributed by atoms with Crippen molar-refractivity contribution in [1.82, 2.24) is 25.3 Å². The number of thiophene rings is 1. The van der Waals surface area contributed by atoms with Crippen LogP contribution in [0.3, 0.4) is 0 Å². The molecule has 1 aromatic rings. The molecule has 2 N–H and O–H groups in total. The van der Waals surface area contributed by atoms with Gasteiger partial charge in [0.2, 0.25) is 0 Å². The van der Waals surface area contributed by atoms with Crippen molar-refractivity contribution in [2.45, 2.75) is 45.7 Å². The van der Waals surface area contributed by atoms with Crippen LogP contribution in [0.2, 0.25) is 0 Å². The lowest BCUT2D eigenvalue weighted by atomic mass is 10.0. The molecule has 2 atom stereocenters. The summed E-state index contributed by atoms with van der Waals surface area (Å²) in [5.41, 5.74) is 0. The van der Waals surface area contributed by atoms with E-state index in [1.807, 2.05) is 11.3 Å². The number of piperazine rings is 1. The third-order valence-electron chi connectivity index (χ3n) is 6.47. The van der Waals surface area contributed by atoms with Gasteiger partial charge in [-0.2, -0.15) is 0 Å². The Hall–Kier alpha value is -0.420. The highest BCUT2D eigenvalue weighted by atomic mass is 127. The van der Waals surface area contributed by atoms with E-state index >= 15 is 0 Å². The van der Waals surface area contributed by atoms with Crippen LogP contribution < -0.4 is 10.6 Å². The summed E-state index contributed by atoms with van der Waals surface area (Å²) < 4.78 is 0. The summed E-state index contributed by atoms with van der Waals surface area (Å²) in [6, 6.07) is 5.39. The van der Waals surface area contributed by atoms with Gasteiger partial charge in [0, 0.05) is 50.2 Å². The first-order chi connectivity index (χ1) is 14.6. The fourth-order valence-electron chi connectivity index (χ4n) is 4.57. The number of nitrogens with one attached hydrogen (secondary N) is 2. The van der Waals surface area contributed by atoms with Gasteiger partial charge in [0.1, 0.15) is 0 Å². The molecule has 31 heavy (non-hydrogen) atoms. The molecule has 1 aromatic heterocycles. The van der Waals surface area contributed by atoms with E-state index in [1.54, 1.807) is 0 Å². The first kappa shape index (κ1) is 26.8. The standard InChI is InChI=1S/C23H42N6S.HI/c1-5-24-23(25-17-20(19(2)3)29-14-12-27(4)13-15-29)26-18-21(22-9-8-16-30-22)28-10-6-7-11-28;/h8-9,16,19-21H,5-7,10-15,17-18H2,1-4H3,(H2,24,25,26);1H. The Kier molecular flexibility index (Phi) is 12.1. The van der Waals surface area contributed by atoms with Crippen molar-refractivity contribution in [3.63, 3.8) is 0 Å². The topological polar surface area (TPSA) is 46.1 Å². The molecule has 3 rings (SSSR count). The molecule has 2 aliphatic heterocycles. The maximum Gasteiger partial charge on any atom is 0.191 e. The van der Waals surface area contributed by atoms with E-state index in [-0.39, 0.29) is 24.0 Å². The second-order valence-corrected chi connectivity index (χ2v) is 10.0. The van der Waals surface area contributed by atoms with Crippen LogP contribution in [0, 0.1) is 5.92 Å². The van der Waals surface area contributed by atoms with Gasteiger partial charge in [0.25, 0.3) is 0 Å². The molecule has 178 valence electrons. The average Bonchev–Trinajstić information content (AvgIpc) is 3.44. The van der Waals surface area contributed by atoms with E-state index in [0.717, 1.165) is 51.8 Å². The molecule has 8 heteroatoms. The Morgan fingerprint density at radius 3 is 2.35 bits per heavy atom. The number of hydrogen-bond donors (Lipinski definition) is 2.